The molecule has 0 spiro atoms. The van der Waals surface area contributed by atoms with Crippen LogP contribution in [0.3, 0.4) is 0 Å². The van der Waals surface area contributed by atoms with Gasteiger partial charge in [0.25, 0.3) is 0 Å². The molecule has 4 fully saturated rings. The van der Waals surface area contributed by atoms with Gasteiger partial charge >= 0.3 is 0 Å². The summed E-state index contributed by atoms with van der Waals surface area (Å²) in [4.78, 5) is 0. The second-order valence-electron chi connectivity index (χ2n) is 12.4. The fourth-order valence-electron chi connectivity index (χ4n) is 9.44. The molecule has 0 saturated heterocycles. The zero-order valence-electron chi connectivity index (χ0n) is 21.4. The average Bonchev–Trinajstić information content (AvgIpc) is 3.19. The van der Waals surface area contributed by atoms with Crippen molar-refractivity contribution >= 4 is 5.69 Å². The molecule has 34 heavy (non-hydrogen) atoms. The predicted molar refractivity (Wildman–Crippen MR) is 136 cm³/mol. The maximum absolute atomic E-state index is 11.0. The number of aliphatic hydroxyl groups is 1. The largest absolute Gasteiger partial charge is 0.387 e. The van der Waals surface area contributed by atoms with Crippen molar-refractivity contribution < 1.29 is 9.84 Å². The summed E-state index contributed by atoms with van der Waals surface area (Å²) in [6.07, 6.45) is 12.3. The number of rotatable bonds is 6. The summed E-state index contributed by atoms with van der Waals surface area (Å²) < 4.78 is 5.37. The average molecular weight is 465 g/mol. The van der Waals surface area contributed by atoms with E-state index >= 15 is 0 Å². The Bertz CT molecular complexity index is 911. The minimum atomic E-state index is -0.590. The SMILES string of the molecule is CC[C@@H](Nc1cccc(C#N)c1)[C@H]1CC[C@H]2[C@@H]3CC[C@@H]4C[C@@](O)(COC)CC[C@@H]4[C@H]3CC[C@]12C. The number of hydrogen-bond acceptors (Lipinski definition) is 4. The van der Waals surface area contributed by atoms with Crippen molar-refractivity contribution in [3.8, 4) is 6.07 Å². The Balaban J connectivity index is 1.30. The number of nitrogens with one attached hydrogen (secondary N) is 1. The molecule has 4 aliphatic carbocycles. The third-order valence-corrected chi connectivity index (χ3v) is 10.9. The Morgan fingerprint density at radius 3 is 2.71 bits per heavy atom. The smallest absolute Gasteiger partial charge is 0.0992 e. The molecule has 9 atom stereocenters. The number of fused-ring (bicyclic) bond motifs is 5. The number of nitriles is 1. The number of ether oxygens (including phenoxy) is 1. The fourth-order valence-corrected chi connectivity index (χ4v) is 9.44. The van der Waals surface area contributed by atoms with Gasteiger partial charge in [0.2, 0.25) is 0 Å². The minimum Gasteiger partial charge on any atom is -0.387 e. The van der Waals surface area contributed by atoms with E-state index < -0.39 is 5.60 Å². The van der Waals surface area contributed by atoms with E-state index in [9.17, 15) is 10.4 Å². The highest BCUT2D eigenvalue weighted by Crippen LogP contribution is 2.65. The highest BCUT2D eigenvalue weighted by Gasteiger charge is 2.58. The van der Waals surface area contributed by atoms with Crippen molar-refractivity contribution in [2.24, 2.45) is 40.9 Å². The zero-order valence-corrected chi connectivity index (χ0v) is 21.4. The van der Waals surface area contributed by atoms with E-state index in [4.69, 9.17) is 4.74 Å². The number of methoxy groups -OCH3 is 1. The number of hydrogen-bond donors (Lipinski definition) is 2. The Morgan fingerprint density at radius 1 is 1.12 bits per heavy atom. The topological polar surface area (TPSA) is 65.3 Å². The molecule has 4 aliphatic rings. The number of nitrogens with zero attached hydrogens (tertiary/aromatic N) is 1. The molecule has 1 aromatic carbocycles. The van der Waals surface area contributed by atoms with Crippen LogP contribution in [0.5, 0.6) is 0 Å². The molecule has 2 N–H and O–H groups in total. The van der Waals surface area contributed by atoms with E-state index in [1.165, 1.54) is 44.9 Å². The highest BCUT2D eigenvalue weighted by molar-refractivity contribution is 5.50. The molecule has 4 nitrogen and oxygen atoms in total. The summed E-state index contributed by atoms with van der Waals surface area (Å²) in [6.45, 7) is 5.43. The molecule has 4 heteroatoms. The first-order valence-corrected chi connectivity index (χ1v) is 13.9. The van der Waals surface area contributed by atoms with Gasteiger partial charge in [-0.25, -0.2) is 0 Å². The third-order valence-electron chi connectivity index (χ3n) is 10.9. The minimum absolute atomic E-state index is 0.417. The van der Waals surface area contributed by atoms with Crippen LogP contribution >= 0.6 is 0 Å². The molecule has 4 saturated carbocycles. The van der Waals surface area contributed by atoms with Crippen molar-refractivity contribution in [1.29, 1.82) is 5.26 Å². The Labute approximate surface area is 206 Å². The quantitative estimate of drug-likeness (QED) is 0.511. The van der Waals surface area contributed by atoms with Crippen LogP contribution < -0.4 is 5.32 Å². The van der Waals surface area contributed by atoms with Crippen molar-refractivity contribution in [3.05, 3.63) is 29.8 Å². The third kappa shape index (κ3) is 4.18. The van der Waals surface area contributed by atoms with Crippen molar-refractivity contribution in [2.75, 3.05) is 19.0 Å². The summed E-state index contributed by atoms with van der Waals surface area (Å²) in [7, 11) is 1.72. The molecule has 0 radical (unpaired) electrons. The lowest BCUT2D eigenvalue weighted by molar-refractivity contribution is -0.124. The van der Waals surface area contributed by atoms with Gasteiger partial charge in [0.05, 0.1) is 23.8 Å². The summed E-state index contributed by atoms with van der Waals surface area (Å²) in [6, 6.07) is 10.8. The molecular weight excluding hydrogens is 420 g/mol. The molecule has 0 heterocycles. The van der Waals surface area contributed by atoms with E-state index in [2.05, 4.69) is 31.3 Å². The van der Waals surface area contributed by atoms with Gasteiger partial charge in [-0.1, -0.05) is 19.9 Å². The van der Waals surface area contributed by atoms with Crippen LogP contribution in [-0.4, -0.2) is 30.5 Å². The van der Waals surface area contributed by atoms with E-state index in [-0.39, 0.29) is 0 Å². The Morgan fingerprint density at radius 2 is 1.94 bits per heavy atom. The van der Waals surface area contributed by atoms with Gasteiger partial charge in [-0.15, -0.1) is 0 Å². The lowest BCUT2D eigenvalue weighted by atomic mass is 9.48. The Hall–Kier alpha value is -1.57. The second-order valence-corrected chi connectivity index (χ2v) is 12.4. The molecule has 0 bridgehead atoms. The normalized spacial score (nSPS) is 42.1. The lowest BCUT2D eigenvalue weighted by Crippen LogP contribution is -2.52. The van der Waals surface area contributed by atoms with Crippen LogP contribution in [-0.2, 0) is 4.74 Å². The number of benzene rings is 1. The standard InChI is InChI=1S/C30H44N2O2/c1-4-28(32-22-7-5-6-20(16-22)18-31)27-11-10-26-25-9-8-21-17-30(33,19-34-3)15-13-23(21)24(25)12-14-29(26,27)2/h5-7,16,21,23-28,32-33H,4,8-15,17,19H2,1-3H3/t21-,23+,24-,25-,26+,27-,28-,29+,30-/m1/s1. The molecule has 0 aromatic heterocycles. The first-order valence-electron chi connectivity index (χ1n) is 13.9. The molecular formula is C30H44N2O2. The molecule has 0 amide bonds. The van der Waals surface area contributed by atoms with Crippen molar-refractivity contribution in [1.82, 2.24) is 0 Å². The second kappa shape index (κ2) is 9.47. The summed E-state index contributed by atoms with van der Waals surface area (Å²) in [5, 5.41) is 24.2. The first-order chi connectivity index (χ1) is 16.4. The van der Waals surface area contributed by atoms with Crippen LogP contribution in [0.25, 0.3) is 0 Å². The van der Waals surface area contributed by atoms with Gasteiger partial charge in [0.15, 0.2) is 0 Å². The Kier molecular flexibility index (Phi) is 6.73. The van der Waals surface area contributed by atoms with Gasteiger partial charge < -0.3 is 15.2 Å². The first kappa shape index (κ1) is 24.1. The van der Waals surface area contributed by atoms with Crippen LogP contribution in [0.2, 0.25) is 0 Å². The monoisotopic (exact) mass is 464 g/mol. The zero-order chi connectivity index (χ0) is 23.9. The van der Waals surface area contributed by atoms with Crippen LogP contribution in [0, 0.1) is 52.3 Å². The summed E-state index contributed by atoms with van der Waals surface area (Å²) in [5.41, 5.74) is 1.66. The molecule has 186 valence electrons. The maximum Gasteiger partial charge on any atom is 0.0992 e. The van der Waals surface area contributed by atoms with Crippen molar-refractivity contribution in [3.63, 3.8) is 0 Å². The van der Waals surface area contributed by atoms with Crippen LogP contribution in [0.4, 0.5) is 5.69 Å². The highest BCUT2D eigenvalue weighted by atomic mass is 16.5. The summed E-state index contributed by atoms with van der Waals surface area (Å²) in [5.74, 6) is 4.78. The molecule has 1 aromatic rings. The van der Waals surface area contributed by atoms with E-state index in [1.54, 1.807) is 7.11 Å². The lowest BCUT2D eigenvalue weighted by Gasteiger charge is -2.57. The van der Waals surface area contributed by atoms with E-state index in [1.807, 2.05) is 18.2 Å². The predicted octanol–water partition coefficient (Wildman–Crippen LogP) is 6.40. The van der Waals surface area contributed by atoms with Gasteiger partial charge in [0.1, 0.15) is 0 Å². The van der Waals surface area contributed by atoms with E-state index in [0.717, 1.165) is 54.2 Å². The summed E-state index contributed by atoms with van der Waals surface area (Å²) >= 11 is 0. The maximum atomic E-state index is 11.0. The molecule has 0 unspecified atom stereocenters. The number of anilines is 1. The molecule has 5 rings (SSSR count). The van der Waals surface area contributed by atoms with Crippen LogP contribution in [0.15, 0.2) is 24.3 Å². The van der Waals surface area contributed by atoms with Crippen LogP contribution in [0.1, 0.15) is 83.6 Å². The van der Waals surface area contributed by atoms with Gasteiger partial charge in [-0.3, -0.25) is 0 Å². The molecule has 0 aliphatic heterocycles. The van der Waals surface area contributed by atoms with Gasteiger partial charge in [-0.2, -0.15) is 5.26 Å². The van der Waals surface area contributed by atoms with E-state index in [0.29, 0.717) is 29.9 Å². The fraction of sp³-hybridized carbons (Fsp3) is 0.767. The van der Waals surface area contributed by atoms with Gasteiger partial charge in [0, 0.05) is 18.8 Å². The van der Waals surface area contributed by atoms with Crippen molar-refractivity contribution in [2.45, 2.75) is 89.7 Å². The van der Waals surface area contributed by atoms with Gasteiger partial charge in [-0.05, 0) is 123 Å².